The summed E-state index contributed by atoms with van der Waals surface area (Å²) < 4.78 is 1.83. The molecule has 3 aromatic rings. The van der Waals surface area contributed by atoms with Crippen molar-refractivity contribution in [1.29, 1.82) is 0 Å². The van der Waals surface area contributed by atoms with Crippen LogP contribution in [0, 0.1) is 5.92 Å². The van der Waals surface area contributed by atoms with Gasteiger partial charge in [-0.05, 0) is 24.3 Å². The highest BCUT2D eigenvalue weighted by atomic mass is 16.1. The minimum absolute atomic E-state index is 0.0737. The van der Waals surface area contributed by atoms with Crippen LogP contribution in [0.3, 0.4) is 0 Å². The summed E-state index contributed by atoms with van der Waals surface area (Å²) in [6, 6.07) is 10.6. The molecular weight excluding hydrogens is 350 g/mol. The Morgan fingerprint density at radius 2 is 1.93 bits per heavy atom. The molecule has 28 heavy (non-hydrogen) atoms. The Morgan fingerprint density at radius 1 is 1.14 bits per heavy atom. The van der Waals surface area contributed by atoms with Gasteiger partial charge in [-0.2, -0.15) is 5.10 Å². The SMILES string of the molecule is CC1CN(Cc2ccccc2)CC1c1nn2c(C3CCCC3)ncc2c(=O)[nH]1. The Labute approximate surface area is 164 Å². The lowest BCUT2D eigenvalue weighted by Gasteiger charge is -2.16. The van der Waals surface area contributed by atoms with E-state index in [1.54, 1.807) is 6.20 Å². The molecule has 0 amide bonds. The van der Waals surface area contributed by atoms with Crippen LogP contribution in [-0.2, 0) is 6.54 Å². The molecule has 1 aromatic carbocycles. The number of hydrogen-bond acceptors (Lipinski definition) is 4. The third-order valence-electron chi connectivity index (χ3n) is 6.45. The first-order valence-electron chi connectivity index (χ1n) is 10.4. The number of imidazole rings is 1. The molecule has 2 aromatic heterocycles. The number of hydrogen-bond donors (Lipinski definition) is 1. The Morgan fingerprint density at radius 3 is 2.71 bits per heavy atom. The first-order chi connectivity index (χ1) is 13.7. The molecule has 0 bridgehead atoms. The molecule has 2 atom stereocenters. The van der Waals surface area contributed by atoms with Gasteiger partial charge in [0.25, 0.3) is 5.56 Å². The van der Waals surface area contributed by atoms with E-state index in [4.69, 9.17) is 5.10 Å². The van der Waals surface area contributed by atoms with Crippen molar-refractivity contribution >= 4 is 5.52 Å². The minimum atomic E-state index is -0.0737. The molecule has 5 rings (SSSR count). The van der Waals surface area contributed by atoms with Crippen molar-refractivity contribution in [3.8, 4) is 0 Å². The number of H-pyrrole nitrogens is 1. The second-order valence-electron chi connectivity index (χ2n) is 8.50. The van der Waals surface area contributed by atoms with Gasteiger partial charge in [0.15, 0.2) is 5.52 Å². The lowest BCUT2D eigenvalue weighted by molar-refractivity contribution is 0.318. The van der Waals surface area contributed by atoms with E-state index < -0.39 is 0 Å². The summed E-state index contributed by atoms with van der Waals surface area (Å²) in [6.45, 7) is 5.12. The molecule has 1 saturated carbocycles. The van der Waals surface area contributed by atoms with E-state index in [0.717, 1.165) is 44.1 Å². The highest BCUT2D eigenvalue weighted by molar-refractivity contribution is 5.42. The number of rotatable bonds is 4. The predicted octanol–water partition coefficient (Wildman–Crippen LogP) is 3.31. The van der Waals surface area contributed by atoms with Crippen LogP contribution in [0.1, 0.15) is 61.7 Å². The maximum atomic E-state index is 12.7. The van der Waals surface area contributed by atoms with Crippen LogP contribution in [0.4, 0.5) is 0 Å². The summed E-state index contributed by atoms with van der Waals surface area (Å²) >= 11 is 0. The second kappa shape index (κ2) is 7.17. The van der Waals surface area contributed by atoms with E-state index in [2.05, 4.69) is 52.1 Å². The Kier molecular flexibility index (Phi) is 4.51. The van der Waals surface area contributed by atoms with Crippen LogP contribution in [0.25, 0.3) is 5.52 Å². The molecule has 1 N–H and O–H groups in total. The molecule has 1 saturated heterocycles. The number of aromatic nitrogens is 4. The van der Waals surface area contributed by atoms with E-state index in [1.807, 2.05) is 4.52 Å². The van der Waals surface area contributed by atoms with E-state index in [1.165, 1.54) is 18.4 Å². The zero-order chi connectivity index (χ0) is 19.1. The number of nitrogens with zero attached hydrogens (tertiary/aromatic N) is 4. The molecule has 2 fully saturated rings. The highest BCUT2D eigenvalue weighted by Gasteiger charge is 2.33. The van der Waals surface area contributed by atoms with E-state index in [-0.39, 0.29) is 11.5 Å². The average molecular weight is 377 g/mol. The molecule has 2 aliphatic rings. The van der Waals surface area contributed by atoms with Crippen molar-refractivity contribution in [3.63, 3.8) is 0 Å². The molecule has 2 unspecified atom stereocenters. The molecule has 0 spiro atoms. The van der Waals surface area contributed by atoms with Crippen LogP contribution in [0.5, 0.6) is 0 Å². The van der Waals surface area contributed by atoms with Gasteiger partial charge < -0.3 is 4.98 Å². The Hall–Kier alpha value is -2.47. The van der Waals surface area contributed by atoms with Gasteiger partial charge in [0.1, 0.15) is 11.6 Å². The Bertz CT molecular complexity index is 1020. The van der Waals surface area contributed by atoms with Crippen LogP contribution in [0.2, 0.25) is 0 Å². The van der Waals surface area contributed by atoms with Crippen molar-refractivity contribution in [2.45, 2.75) is 51.0 Å². The van der Waals surface area contributed by atoms with Crippen molar-refractivity contribution in [1.82, 2.24) is 24.5 Å². The zero-order valence-electron chi connectivity index (χ0n) is 16.3. The summed E-state index contributed by atoms with van der Waals surface area (Å²) in [6.07, 6.45) is 6.46. The van der Waals surface area contributed by atoms with Crippen molar-refractivity contribution in [2.75, 3.05) is 13.1 Å². The van der Waals surface area contributed by atoms with Crippen LogP contribution in [-0.4, -0.2) is 37.6 Å². The van der Waals surface area contributed by atoms with E-state index >= 15 is 0 Å². The van der Waals surface area contributed by atoms with Gasteiger partial charge in [-0.3, -0.25) is 9.69 Å². The molecule has 1 aliphatic heterocycles. The molecule has 6 nitrogen and oxygen atoms in total. The van der Waals surface area contributed by atoms with Crippen molar-refractivity contribution in [2.24, 2.45) is 5.92 Å². The smallest absolute Gasteiger partial charge is 0.276 e. The average Bonchev–Trinajstić information content (AvgIpc) is 3.42. The Balaban J connectivity index is 1.43. The quantitative estimate of drug-likeness (QED) is 0.757. The fraction of sp³-hybridized carbons (Fsp3) is 0.500. The summed E-state index contributed by atoms with van der Waals surface area (Å²) in [4.78, 5) is 22.8. The number of fused-ring (bicyclic) bond motifs is 1. The standard InChI is InChI=1S/C22H27N5O/c1-15-12-26(13-16-7-3-2-4-8-16)14-18(15)20-24-22(28)19-11-23-21(27(19)25-20)17-9-5-6-10-17/h2-4,7-8,11,15,17-18H,5-6,9-10,12-14H2,1H3,(H,24,25,28). The summed E-state index contributed by atoms with van der Waals surface area (Å²) in [5, 5.41) is 4.89. The van der Waals surface area contributed by atoms with Crippen molar-refractivity contribution in [3.05, 3.63) is 64.1 Å². The fourth-order valence-corrected chi connectivity index (χ4v) is 4.96. The van der Waals surface area contributed by atoms with Gasteiger partial charge >= 0.3 is 0 Å². The molecular formula is C22H27N5O. The molecule has 146 valence electrons. The second-order valence-corrected chi connectivity index (χ2v) is 8.50. The summed E-state index contributed by atoms with van der Waals surface area (Å²) in [7, 11) is 0. The molecule has 0 radical (unpaired) electrons. The monoisotopic (exact) mass is 377 g/mol. The molecule has 1 aliphatic carbocycles. The third kappa shape index (κ3) is 3.15. The normalized spacial score (nSPS) is 23.8. The predicted molar refractivity (Wildman–Crippen MR) is 108 cm³/mol. The third-order valence-corrected chi connectivity index (χ3v) is 6.45. The molecule has 3 heterocycles. The zero-order valence-corrected chi connectivity index (χ0v) is 16.3. The maximum Gasteiger partial charge on any atom is 0.276 e. The van der Waals surface area contributed by atoms with E-state index in [0.29, 0.717) is 17.4 Å². The minimum Gasteiger partial charge on any atom is -0.307 e. The van der Waals surface area contributed by atoms with Gasteiger partial charge in [-0.15, -0.1) is 0 Å². The van der Waals surface area contributed by atoms with Gasteiger partial charge in [-0.1, -0.05) is 50.1 Å². The van der Waals surface area contributed by atoms with Crippen LogP contribution in [0.15, 0.2) is 41.3 Å². The van der Waals surface area contributed by atoms with Crippen molar-refractivity contribution < 1.29 is 0 Å². The fourth-order valence-electron chi connectivity index (χ4n) is 4.96. The number of aromatic amines is 1. The first-order valence-corrected chi connectivity index (χ1v) is 10.4. The highest BCUT2D eigenvalue weighted by Crippen LogP contribution is 2.34. The van der Waals surface area contributed by atoms with Gasteiger partial charge in [0.2, 0.25) is 0 Å². The van der Waals surface area contributed by atoms with Gasteiger partial charge in [0.05, 0.1) is 6.20 Å². The lowest BCUT2D eigenvalue weighted by atomic mass is 9.97. The molecule has 6 heteroatoms. The number of nitrogens with one attached hydrogen (secondary N) is 1. The van der Waals surface area contributed by atoms with E-state index in [9.17, 15) is 4.79 Å². The van der Waals surface area contributed by atoms with Gasteiger partial charge in [0, 0.05) is 31.5 Å². The maximum absolute atomic E-state index is 12.7. The topological polar surface area (TPSA) is 66.3 Å². The van der Waals surface area contributed by atoms with Crippen LogP contribution >= 0.6 is 0 Å². The largest absolute Gasteiger partial charge is 0.307 e. The first kappa shape index (κ1) is 17.6. The lowest BCUT2D eigenvalue weighted by Crippen LogP contribution is -2.23. The number of benzene rings is 1. The number of likely N-dealkylation sites (tertiary alicyclic amines) is 1. The van der Waals surface area contributed by atoms with Crippen LogP contribution < -0.4 is 5.56 Å². The summed E-state index contributed by atoms with van der Waals surface area (Å²) in [5.41, 5.74) is 1.82. The van der Waals surface area contributed by atoms with Gasteiger partial charge in [-0.25, -0.2) is 9.50 Å². The summed E-state index contributed by atoms with van der Waals surface area (Å²) in [5.74, 6) is 2.88.